The van der Waals surface area contributed by atoms with Crippen molar-refractivity contribution >= 4 is 5.69 Å². The highest BCUT2D eigenvalue weighted by atomic mass is 15.3. The molecular weight excluding hydrogens is 256 g/mol. The van der Waals surface area contributed by atoms with Crippen molar-refractivity contribution < 1.29 is 0 Å². The van der Waals surface area contributed by atoms with E-state index in [9.17, 15) is 0 Å². The van der Waals surface area contributed by atoms with E-state index >= 15 is 0 Å². The zero-order valence-electron chi connectivity index (χ0n) is 14.3. The SMILES string of the molecule is CCCCN1C=CN(c2c(C(C)C)cccc2C(C)C)C1. The molecule has 0 fully saturated rings. The Balaban J connectivity index is 2.29. The van der Waals surface area contributed by atoms with Crippen LogP contribution in [0.5, 0.6) is 0 Å². The molecule has 0 saturated carbocycles. The monoisotopic (exact) mass is 286 g/mol. The van der Waals surface area contributed by atoms with Gasteiger partial charge in [0.15, 0.2) is 0 Å². The minimum atomic E-state index is 0.553. The predicted octanol–water partition coefficient (Wildman–Crippen LogP) is 5.28. The van der Waals surface area contributed by atoms with Crippen LogP contribution in [0.2, 0.25) is 0 Å². The summed E-state index contributed by atoms with van der Waals surface area (Å²) in [5.74, 6) is 1.11. The van der Waals surface area contributed by atoms with Crippen LogP contribution < -0.4 is 4.90 Å². The summed E-state index contributed by atoms with van der Waals surface area (Å²) < 4.78 is 0. The largest absolute Gasteiger partial charge is 0.358 e. The molecule has 0 N–H and O–H groups in total. The fraction of sp³-hybridized carbons (Fsp3) is 0.579. The van der Waals surface area contributed by atoms with Gasteiger partial charge >= 0.3 is 0 Å². The van der Waals surface area contributed by atoms with Crippen LogP contribution in [0.1, 0.15) is 70.4 Å². The number of benzene rings is 1. The van der Waals surface area contributed by atoms with Gasteiger partial charge < -0.3 is 9.80 Å². The molecule has 116 valence electrons. The summed E-state index contributed by atoms with van der Waals surface area (Å²) in [7, 11) is 0. The van der Waals surface area contributed by atoms with Crippen molar-refractivity contribution in [3.05, 3.63) is 41.7 Å². The van der Waals surface area contributed by atoms with Gasteiger partial charge in [-0.1, -0.05) is 59.2 Å². The molecule has 21 heavy (non-hydrogen) atoms. The first-order valence-electron chi connectivity index (χ1n) is 8.36. The second kappa shape index (κ2) is 7.02. The van der Waals surface area contributed by atoms with E-state index in [4.69, 9.17) is 0 Å². The highest BCUT2D eigenvalue weighted by Gasteiger charge is 2.21. The van der Waals surface area contributed by atoms with Crippen LogP contribution in [0.15, 0.2) is 30.6 Å². The van der Waals surface area contributed by atoms with Gasteiger partial charge in [0.2, 0.25) is 0 Å². The lowest BCUT2D eigenvalue weighted by atomic mass is 9.92. The summed E-state index contributed by atoms with van der Waals surface area (Å²) in [4.78, 5) is 4.85. The van der Waals surface area contributed by atoms with Crippen molar-refractivity contribution in [3.8, 4) is 0 Å². The third kappa shape index (κ3) is 3.61. The molecule has 2 heteroatoms. The average Bonchev–Trinajstić information content (AvgIpc) is 2.92. The number of nitrogens with zero attached hydrogens (tertiary/aromatic N) is 2. The second-order valence-corrected chi connectivity index (χ2v) is 6.67. The minimum absolute atomic E-state index is 0.553. The van der Waals surface area contributed by atoms with Crippen LogP contribution in [0.3, 0.4) is 0 Å². The third-order valence-corrected chi connectivity index (χ3v) is 4.22. The van der Waals surface area contributed by atoms with Gasteiger partial charge in [-0.15, -0.1) is 0 Å². The first kappa shape index (κ1) is 15.9. The first-order chi connectivity index (χ1) is 10.0. The highest BCUT2D eigenvalue weighted by Crippen LogP contribution is 2.36. The molecule has 0 unspecified atom stereocenters. The summed E-state index contributed by atoms with van der Waals surface area (Å²) >= 11 is 0. The fourth-order valence-electron chi connectivity index (χ4n) is 2.96. The highest BCUT2D eigenvalue weighted by molar-refractivity contribution is 5.64. The maximum Gasteiger partial charge on any atom is 0.0942 e. The molecule has 1 aromatic rings. The third-order valence-electron chi connectivity index (χ3n) is 4.22. The van der Waals surface area contributed by atoms with Crippen LogP contribution in [0, 0.1) is 0 Å². The molecule has 0 amide bonds. The summed E-state index contributed by atoms with van der Waals surface area (Å²) in [6, 6.07) is 6.78. The number of hydrogen-bond donors (Lipinski definition) is 0. The van der Waals surface area contributed by atoms with Gasteiger partial charge in [0.25, 0.3) is 0 Å². The van der Waals surface area contributed by atoms with E-state index in [2.05, 4.69) is 75.0 Å². The van der Waals surface area contributed by atoms with E-state index < -0.39 is 0 Å². The zero-order chi connectivity index (χ0) is 15.4. The Labute approximate surface area is 130 Å². The predicted molar refractivity (Wildman–Crippen MR) is 92.7 cm³/mol. The van der Waals surface area contributed by atoms with Crippen LogP contribution in [-0.4, -0.2) is 18.1 Å². The molecule has 1 aromatic carbocycles. The van der Waals surface area contributed by atoms with Gasteiger partial charge in [-0.2, -0.15) is 0 Å². The second-order valence-electron chi connectivity index (χ2n) is 6.67. The minimum Gasteiger partial charge on any atom is -0.358 e. The van der Waals surface area contributed by atoms with E-state index in [0.717, 1.165) is 13.2 Å². The number of para-hydroxylation sites is 1. The van der Waals surface area contributed by atoms with E-state index in [1.54, 1.807) is 0 Å². The van der Waals surface area contributed by atoms with Crippen LogP contribution in [0.4, 0.5) is 5.69 Å². The molecule has 2 rings (SSSR count). The zero-order valence-corrected chi connectivity index (χ0v) is 14.3. The topological polar surface area (TPSA) is 6.48 Å². The summed E-state index contributed by atoms with van der Waals surface area (Å²) in [6.45, 7) is 13.6. The first-order valence-corrected chi connectivity index (χ1v) is 8.36. The van der Waals surface area contributed by atoms with E-state index in [0.29, 0.717) is 11.8 Å². The van der Waals surface area contributed by atoms with E-state index in [-0.39, 0.29) is 0 Å². The Morgan fingerprint density at radius 2 is 1.62 bits per heavy atom. The quantitative estimate of drug-likeness (QED) is 0.701. The van der Waals surface area contributed by atoms with E-state index in [1.165, 1.54) is 29.7 Å². The van der Waals surface area contributed by atoms with Crippen molar-refractivity contribution in [2.24, 2.45) is 0 Å². The maximum atomic E-state index is 2.43. The molecule has 1 heterocycles. The standard InChI is InChI=1S/C19H30N2/c1-6-7-11-20-12-13-21(14-20)19-17(15(2)3)9-8-10-18(19)16(4)5/h8-10,12-13,15-16H,6-7,11,14H2,1-5H3. The lowest BCUT2D eigenvalue weighted by molar-refractivity contribution is 0.396. The molecule has 0 aromatic heterocycles. The Bertz CT molecular complexity index is 462. The molecule has 1 aliphatic rings. The molecule has 0 atom stereocenters. The number of unbranched alkanes of at least 4 members (excludes halogenated alkanes) is 1. The Hall–Kier alpha value is -1.44. The number of hydrogen-bond acceptors (Lipinski definition) is 2. The number of anilines is 1. The summed E-state index contributed by atoms with van der Waals surface area (Å²) in [5.41, 5.74) is 4.35. The number of rotatable bonds is 6. The molecule has 2 nitrogen and oxygen atoms in total. The van der Waals surface area contributed by atoms with Gasteiger partial charge in [-0.3, -0.25) is 0 Å². The van der Waals surface area contributed by atoms with Gasteiger partial charge in [0, 0.05) is 24.6 Å². The molecule has 0 aliphatic carbocycles. The lowest BCUT2D eigenvalue weighted by Crippen LogP contribution is -2.27. The van der Waals surface area contributed by atoms with Crippen molar-refractivity contribution in [2.45, 2.75) is 59.3 Å². The van der Waals surface area contributed by atoms with Crippen LogP contribution >= 0.6 is 0 Å². The van der Waals surface area contributed by atoms with Gasteiger partial charge in [-0.25, -0.2) is 0 Å². The van der Waals surface area contributed by atoms with Crippen molar-refractivity contribution in [3.63, 3.8) is 0 Å². The molecule has 0 spiro atoms. The van der Waals surface area contributed by atoms with Crippen LogP contribution in [0.25, 0.3) is 0 Å². The van der Waals surface area contributed by atoms with Crippen molar-refractivity contribution in [1.29, 1.82) is 0 Å². The molecule has 0 bridgehead atoms. The molecular formula is C19H30N2. The summed E-state index contributed by atoms with van der Waals surface area (Å²) in [6.07, 6.45) is 7.02. The van der Waals surface area contributed by atoms with Crippen LogP contribution in [-0.2, 0) is 0 Å². The Morgan fingerprint density at radius 1 is 1.00 bits per heavy atom. The van der Waals surface area contributed by atoms with Gasteiger partial charge in [-0.05, 0) is 29.4 Å². The fourth-order valence-corrected chi connectivity index (χ4v) is 2.96. The molecule has 1 aliphatic heterocycles. The Morgan fingerprint density at radius 3 is 2.14 bits per heavy atom. The molecule has 0 radical (unpaired) electrons. The Kier molecular flexibility index (Phi) is 5.33. The van der Waals surface area contributed by atoms with Gasteiger partial charge in [0.1, 0.15) is 0 Å². The summed E-state index contributed by atoms with van der Waals surface area (Å²) in [5, 5.41) is 0. The lowest BCUT2D eigenvalue weighted by Gasteiger charge is -2.28. The van der Waals surface area contributed by atoms with E-state index in [1.807, 2.05) is 0 Å². The maximum absolute atomic E-state index is 2.43. The van der Waals surface area contributed by atoms with Crippen molar-refractivity contribution in [1.82, 2.24) is 4.90 Å². The molecule has 0 saturated heterocycles. The van der Waals surface area contributed by atoms with Gasteiger partial charge in [0.05, 0.1) is 6.67 Å². The van der Waals surface area contributed by atoms with Crippen molar-refractivity contribution in [2.75, 3.05) is 18.1 Å². The average molecular weight is 286 g/mol. The normalized spacial score (nSPS) is 14.8. The smallest absolute Gasteiger partial charge is 0.0942 e.